The summed E-state index contributed by atoms with van der Waals surface area (Å²) < 4.78 is 0. The highest BCUT2D eigenvalue weighted by Crippen LogP contribution is 2.38. The highest BCUT2D eigenvalue weighted by atomic mass is 35.5. The van der Waals surface area contributed by atoms with Crippen LogP contribution in [0.2, 0.25) is 5.02 Å². The number of carbonyl (C=O) groups excluding carboxylic acids is 2. The number of piperidine rings is 1. The summed E-state index contributed by atoms with van der Waals surface area (Å²) in [7, 11) is 2.11. The number of amides is 3. The Kier molecular flexibility index (Phi) is 4.46. The minimum absolute atomic E-state index is 0.0463. The molecule has 0 radical (unpaired) electrons. The van der Waals surface area contributed by atoms with E-state index in [9.17, 15) is 9.59 Å². The number of hydrogen-bond acceptors (Lipinski definition) is 3. The lowest BCUT2D eigenvalue weighted by atomic mass is 9.84. The summed E-state index contributed by atoms with van der Waals surface area (Å²) in [6.45, 7) is 1.78. The van der Waals surface area contributed by atoms with Gasteiger partial charge in [-0.05, 0) is 62.9 Å². The average molecular weight is 362 g/mol. The molecule has 2 aliphatic heterocycles. The van der Waals surface area contributed by atoms with Gasteiger partial charge in [-0.25, -0.2) is 4.79 Å². The molecule has 25 heavy (non-hydrogen) atoms. The van der Waals surface area contributed by atoms with Crippen LogP contribution < -0.4 is 0 Å². The lowest BCUT2D eigenvalue weighted by Gasteiger charge is -2.40. The second-order valence-electron chi connectivity index (χ2n) is 7.53. The van der Waals surface area contributed by atoms with Crippen LogP contribution in [0.25, 0.3) is 0 Å². The SMILES string of the molecule is CN1CCC[C@H](CN2C(=O)CN(C3CC3)C2=O)[C@@H]1c1cccc(Cl)c1. The number of benzene rings is 1. The first-order valence-corrected chi connectivity index (χ1v) is 9.49. The standard InChI is InChI=1S/C19H24ClN3O2/c1-21-9-3-5-14(18(21)13-4-2-6-15(20)10-13)11-23-17(24)12-22(19(23)25)16-7-8-16/h2,4,6,10,14,16,18H,3,5,7-9,11-12H2,1H3/t14-,18+/m1/s1. The Hall–Kier alpha value is -1.59. The summed E-state index contributed by atoms with van der Waals surface area (Å²) in [5, 5.41) is 0.725. The predicted molar refractivity (Wildman–Crippen MR) is 96.4 cm³/mol. The predicted octanol–water partition coefficient (Wildman–Crippen LogP) is 3.15. The van der Waals surface area contributed by atoms with Gasteiger partial charge in [0.1, 0.15) is 6.54 Å². The van der Waals surface area contributed by atoms with Gasteiger partial charge in [0.25, 0.3) is 0 Å². The molecule has 2 heterocycles. The van der Waals surface area contributed by atoms with Crippen molar-refractivity contribution in [3.63, 3.8) is 0 Å². The highest BCUT2D eigenvalue weighted by Gasteiger charge is 2.45. The van der Waals surface area contributed by atoms with Gasteiger partial charge >= 0.3 is 6.03 Å². The van der Waals surface area contributed by atoms with E-state index in [2.05, 4.69) is 18.0 Å². The maximum atomic E-state index is 12.6. The zero-order valence-electron chi connectivity index (χ0n) is 14.5. The van der Waals surface area contributed by atoms with E-state index in [0.29, 0.717) is 12.6 Å². The lowest BCUT2D eigenvalue weighted by Crippen LogP contribution is -2.44. The molecule has 134 valence electrons. The normalized spacial score (nSPS) is 28.1. The van der Waals surface area contributed by atoms with Gasteiger partial charge in [0.2, 0.25) is 5.91 Å². The number of likely N-dealkylation sites (tertiary alicyclic amines) is 1. The van der Waals surface area contributed by atoms with Gasteiger partial charge in [0, 0.05) is 23.7 Å². The van der Waals surface area contributed by atoms with Crippen LogP contribution in [0.15, 0.2) is 24.3 Å². The molecule has 1 aromatic rings. The summed E-state index contributed by atoms with van der Waals surface area (Å²) in [5.74, 6) is 0.194. The first-order valence-electron chi connectivity index (χ1n) is 9.11. The number of rotatable bonds is 4. The molecule has 0 aromatic heterocycles. The number of carbonyl (C=O) groups is 2. The Labute approximate surface area is 153 Å². The van der Waals surface area contributed by atoms with E-state index < -0.39 is 0 Å². The van der Waals surface area contributed by atoms with Crippen molar-refractivity contribution in [3.05, 3.63) is 34.9 Å². The third-order valence-electron chi connectivity index (χ3n) is 5.69. The molecular formula is C19H24ClN3O2. The molecule has 3 aliphatic rings. The van der Waals surface area contributed by atoms with Crippen LogP contribution in [0.3, 0.4) is 0 Å². The van der Waals surface area contributed by atoms with Gasteiger partial charge in [-0.3, -0.25) is 14.6 Å². The molecule has 2 atom stereocenters. The maximum Gasteiger partial charge on any atom is 0.327 e. The number of hydrogen-bond donors (Lipinski definition) is 0. The van der Waals surface area contributed by atoms with E-state index in [1.54, 1.807) is 4.90 Å². The summed E-state index contributed by atoms with van der Waals surface area (Å²) >= 11 is 6.19. The van der Waals surface area contributed by atoms with Crippen molar-refractivity contribution in [2.75, 3.05) is 26.7 Å². The number of nitrogens with zero attached hydrogens (tertiary/aromatic N) is 3. The van der Waals surface area contributed by atoms with Crippen molar-refractivity contribution in [2.45, 2.75) is 37.8 Å². The fourth-order valence-electron chi connectivity index (χ4n) is 4.31. The van der Waals surface area contributed by atoms with Gasteiger partial charge in [0.05, 0.1) is 0 Å². The second kappa shape index (κ2) is 6.61. The van der Waals surface area contributed by atoms with E-state index in [0.717, 1.165) is 42.8 Å². The summed E-state index contributed by atoms with van der Waals surface area (Å²) in [4.78, 5) is 30.6. The van der Waals surface area contributed by atoms with Crippen LogP contribution in [0.4, 0.5) is 4.79 Å². The van der Waals surface area contributed by atoms with Gasteiger partial charge in [-0.2, -0.15) is 0 Å². The van der Waals surface area contributed by atoms with Gasteiger partial charge in [0.15, 0.2) is 0 Å². The largest absolute Gasteiger partial charge is 0.327 e. The van der Waals surface area contributed by atoms with E-state index in [4.69, 9.17) is 11.6 Å². The van der Waals surface area contributed by atoms with Gasteiger partial charge in [-0.15, -0.1) is 0 Å². The highest BCUT2D eigenvalue weighted by molar-refractivity contribution is 6.30. The Morgan fingerprint density at radius 2 is 2.00 bits per heavy atom. The van der Waals surface area contributed by atoms with Crippen LogP contribution in [0.1, 0.15) is 37.3 Å². The van der Waals surface area contributed by atoms with Crippen molar-refractivity contribution in [2.24, 2.45) is 5.92 Å². The van der Waals surface area contributed by atoms with Crippen molar-refractivity contribution >= 4 is 23.5 Å². The van der Waals surface area contributed by atoms with Crippen LogP contribution in [0, 0.1) is 5.92 Å². The number of halogens is 1. The van der Waals surface area contributed by atoms with Crippen LogP contribution in [-0.4, -0.2) is 59.4 Å². The Balaban J connectivity index is 1.55. The van der Waals surface area contributed by atoms with E-state index >= 15 is 0 Å². The van der Waals surface area contributed by atoms with Crippen LogP contribution in [-0.2, 0) is 4.79 Å². The maximum absolute atomic E-state index is 12.6. The van der Waals surface area contributed by atoms with Crippen LogP contribution >= 0.6 is 11.6 Å². The van der Waals surface area contributed by atoms with Crippen molar-refractivity contribution in [3.8, 4) is 0 Å². The molecule has 4 rings (SSSR count). The monoisotopic (exact) mass is 361 g/mol. The molecule has 0 unspecified atom stereocenters. The number of imide groups is 1. The second-order valence-corrected chi connectivity index (χ2v) is 7.97. The quantitative estimate of drug-likeness (QED) is 0.774. The topological polar surface area (TPSA) is 43.9 Å². The minimum atomic E-state index is -0.0921. The van der Waals surface area contributed by atoms with Gasteiger partial charge in [-0.1, -0.05) is 23.7 Å². The molecular weight excluding hydrogens is 338 g/mol. The third kappa shape index (κ3) is 3.27. The summed E-state index contributed by atoms with van der Waals surface area (Å²) in [5.41, 5.74) is 1.16. The average Bonchev–Trinajstić information content (AvgIpc) is 3.37. The fourth-order valence-corrected chi connectivity index (χ4v) is 4.51. The molecule has 5 nitrogen and oxygen atoms in total. The Morgan fingerprint density at radius 3 is 2.72 bits per heavy atom. The zero-order valence-corrected chi connectivity index (χ0v) is 15.3. The van der Waals surface area contributed by atoms with Gasteiger partial charge < -0.3 is 4.90 Å². The van der Waals surface area contributed by atoms with Crippen molar-refractivity contribution < 1.29 is 9.59 Å². The molecule has 3 fully saturated rings. The third-order valence-corrected chi connectivity index (χ3v) is 5.92. The molecule has 1 saturated carbocycles. The zero-order chi connectivity index (χ0) is 17.6. The van der Waals surface area contributed by atoms with Crippen LogP contribution in [0.5, 0.6) is 0 Å². The molecule has 1 aromatic carbocycles. The molecule has 3 amide bonds. The fraction of sp³-hybridized carbons (Fsp3) is 0.579. The molecule has 1 aliphatic carbocycles. The van der Waals surface area contributed by atoms with Crippen molar-refractivity contribution in [1.82, 2.24) is 14.7 Å². The Bertz CT molecular complexity index is 691. The first kappa shape index (κ1) is 16.9. The molecule has 2 saturated heterocycles. The molecule has 0 spiro atoms. The molecule has 6 heteroatoms. The van der Waals surface area contributed by atoms with Crippen molar-refractivity contribution in [1.29, 1.82) is 0 Å². The summed E-state index contributed by atoms with van der Waals surface area (Å²) in [6, 6.07) is 8.33. The van der Waals surface area contributed by atoms with E-state index in [1.165, 1.54) is 4.90 Å². The number of urea groups is 1. The Morgan fingerprint density at radius 1 is 1.20 bits per heavy atom. The molecule has 0 bridgehead atoms. The molecule has 0 N–H and O–H groups in total. The minimum Gasteiger partial charge on any atom is -0.312 e. The van der Waals surface area contributed by atoms with E-state index in [-0.39, 0.29) is 30.4 Å². The lowest BCUT2D eigenvalue weighted by molar-refractivity contribution is -0.126. The summed E-state index contributed by atoms with van der Waals surface area (Å²) in [6.07, 6.45) is 4.16. The first-order chi connectivity index (χ1) is 12.0. The smallest absolute Gasteiger partial charge is 0.312 e. The van der Waals surface area contributed by atoms with E-state index in [1.807, 2.05) is 18.2 Å².